The van der Waals surface area contributed by atoms with Crippen molar-refractivity contribution in [2.24, 2.45) is 5.73 Å². The molecular formula is C26H26Cl2N6O. The number of benzene rings is 2. The van der Waals surface area contributed by atoms with Crippen LogP contribution in [-0.4, -0.2) is 37.5 Å². The van der Waals surface area contributed by atoms with Crippen molar-refractivity contribution in [1.82, 2.24) is 24.8 Å². The average Bonchev–Trinajstić information content (AvgIpc) is 3.25. The van der Waals surface area contributed by atoms with Crippen LogP contribution in [0.15, 0.2) is 54.9 Å². The van der Waals surface area contributed by atoms with Gasteiger partial charge in [-0.05, 0) is 68.6 Å². The number of likely N-dealkylation sites (N-methyl/N-ethyl adjacent to an activating group) is 1. The lowest BCUT2D eigenvalue weighted by Crippen LogP contribution is -2.57. The van der Waals surface area contributed by atoms with E-state index >= 15 is 0 Å². The van der Waals surface area contributed by atoms with Gasteiger partial charge in [0.1, 0.15) is 17.7 Å². The van der Waals surface area contributed by atoms with E-state index in [1.165, 1.54) is 0 Å². The number of imidazole rings is 1. The minimum Gasteiger partial charge on any atom is -0.368 e. The Morgan fingerprint density at radius 1 is 1.11 bits per heavy atom. The van der Waals surface area contributed by atoms with Crippen LogP contribution in [0.25, 0.3) is 28.2 Å². The monoisotopic (exact) mass is 508 g/mol. The molecule has 1 aliphatic carbocycles. The highest BCUT2D eigenvalue weighted by Gasteiger charge is 2.41. The molecule has 0 spiro atoms. The molecule has 180 valence electrons. The minimum absolute atomic E-state index is 0.138. The van der Waals surface area contributed by atoms with Gasteiger partial charge in [0.2, 0.25) is 5.91 Å². The molecule has 7 nitrogen and oxygen atoms in total. The van der Waals surface area contributed by atoms with Crippen LogP contribution in [0.5, 0.6) is 0 Å². The molecule has 0 radical (unpaired) electrons. The Morgan fingerprint density at radius 3 is 2.49 bits per heavy atom. The van der Waals surface area contributed by atoms with E-state index in [9.17, 15) is 4.79 Å². The quantitative estimate of drug-likeness (QED) is 0.369. The molecule has 0 bridgehead atoms. The predicted molar refractivity (Wildman–Crippen MR) is 139 cm³/mol. The largest absolute Gasteiger partial charge is 0.368 e. The van der Waals surface area contributed by atoms with Crippen LogP contribution in [0.3, 0.4) is 0 Å². The van der Waals surface area contributed by atoms with Crippen LogP contribution >= 0.6 is 23.2 Å². The molecule has 5 rings (SSSR count). The van der Waals surface area contributed by atoms with Gasteiger partial charge in [-0.25, -0.2) is 15.0 Å². The molecule has 4 aromatic rings. The predicted octanol–water partition coefficient (Wildman–Crippen LogP) is 5.28. The second-order valence-corrected chi connectivity index (χ2v) is 9.75. The van der Waals surface area contributed by atoms with E-state index in [1.54, 1.807) is 6.33 Å². The number of nitrogens with two attached hydrogens (primary N) is 1. The fourth-order valence-electron chi connectivity index (χ4n) is 5.10. The van der Waals surface area contributed by atoms with Gasteiger partial charge in [0, 0.05) is 22.2 Å². The van der Waals surface area contributed by atoms with Crippen LogP contribution < -0.4 is 11.1 Å². The maximum atomic E-state index is 12.2. The van der Waals surface area contributed by atoms with Gasteiger partial charge in [-0.3, -0.25) is 9.36 Å². The summed E-state index contributed by atoms with van der Waals surface area (Å²) < 4.78 is 1.99. The topological polar surface area (TPSA) is 98.7 Å². The molecule has 0 unspecified atom stereocenters. The third kappa shape index (κ3) is 4.29. The Hall–Kier alpha value is -3.00. The number of nitrogens with one attached hydrogen (secondary N) is 1. The second kappa shape index (κ2) is 9.57. The number of aromatic nitrogens is 4. The lowest BCUT2D eigenvalue weighted by Gasteiger charge is -2.38. The molecule has 0 saturated heterocycles. The summed E-state index contributed by atoms with van der Waals surface area (Å²) in [6.07, 6.45) is 4.44. The second-order valence-electron chi connectivity index (χ2n) is 8.91. The van der Waals surface area contributed by atoms with E-state index in [4.69, 9.17) is 33.9 Å². The average molecular weight is 509 g/mol. The Morgan fingerprint density at radius 2 is 1.83 bits per heavy atom. The van der Waals surface area contributed by atoms with Crippen molar-refractivity contribution < 1.29 is 4.79 Å². The smallest absolute Gasteiger partial charge is 0.237 e. The Kier molecular flexibility index (Phi) is 6.49. The maximum Gasteiger partial charge on any atom is 0.237 e. The van der Waals surface area contributed by atoms with Crippen LogP contribution in [0.2, 0.25) is 10.0 Å². The summed E-state index contributed by atoms with van der Waals surface area (Å²) >= 11 is 12.7. The SMILES string of the molecule is CCNC1(C(N)=O)CCC(c2ncnc3c2nc(-c2ccccc2Cl)n3-c2ccc(Cl)cc2)CC1. The number of hydrogen-bond acceptors (Lipinski definition) is 5. The van der Waals surface area contributed by atoms with Crippen molar-refractivity contribution in [3.63, 3.8) is 0 Å². The molecule has 9 heteroatoms. The molecule has 0 aliphatic heterocycles. The highest BCUT2D eigenvalue weighted by Crippen LogP contribution is 2.40. The summed E-state index contributed by atoms with van der Waals surface area (Å²) in [6.45, 7) is 2.68. The molecule has 35 heavy (non-hydrogen) atoms. The van der Waals surface area contributed by atoms with Crippen LogP contribution in [-0.2, 0) is 4.79 Å². The van der Waals surface area contributed by atoms with E-state index in [0.717, 1.165) is 35.3 Å². The number of primary amides is 1. The van der Waals surface area contributed by atoms with Gasteiger partial charge in [-0.2, -0.15) is 0 Å². The maximum absolute atomic E-state index is 12.2. The summed E-state index contributed by atoms with van der Waals surface area (Å²) in [7, 11) is 0. The van der Waals surface area contributed by atoms with E-state index in [1.807, 2.05) is 60.0 Å². The van der Waals surface area contributed by atoms with Crippen LogP contribution in [0.4, 0.5) is 0 Å². The van der Waals surface area contributed by atoms with Crippen molar-refractivity contribution >= 4 is 40.3 Å². The van der Waals surface area contributed by atoms with E-state index in [0.29, 0.717) is 40.9 Å². The first-order valence-electron chi connectivity index (χ1n) is 11.7. The Bertz CT molecular complexity index is 1380. The lowest BCUT2D eigenvalue weighted by atomic mass is 9.74. The van der Waals surface area contributed by atoms with Crippen molar-refractivity contribution in [2.45, 2.75) is 44.1 Å². The highest BCUT2D eigenvalue weighted by atomic mass is 35.5. The number of halogens is 2. The third-order valence-corrected chi connectivity index (χ3v) is 7.47. The number of amides is 1. The fourth-order valence-corrected chi connectivity index (χ4v) is 5.45. The molecule has 0 atom stereocenters. The first-order valence-corrected chi connectivity index (χ1v) is 12.5. The zero-order valence-electron chi connectivity index (χ0n) is 19.3. The third-order valence-electron chi connectivity index (χ3n) is 6.88. The number of nitrogens with zero attached hydrogens (tertiary/aromatic N) is 4. The van der Waals surface area contributed by atoms with Crippen molar-refractivity contribution in [2.75, 3.05) is 6.54 Å². The molecule has 2 aromatic heterocycles. The standard InChI is InChI=1S/C26H26Cl2N6O/c1-2-32-26(25(29)35)13-11-16(12-14-26)21-22-24(31-15-30-21)34(18-9-7-17(27)8-10-18)23(33-22)19-5-3-4-6-20(19)28/h3-10,15-16,32H,2,11-14H2,1H3,(H2,29,35). The summed E-state index contributed by atoms with van der Waals surface area (Å²) in [5.41, 5.74) is 9.10. The number of fused-ring (bicyclic) bond motifs is 1. The van der Waals surface area contributed by atoms with E-state index < -0.39 is 5.54 Å². The molecule has 1 aliphatic rings. The molecule has 1 amide bonds. The molecular weight excluding hydrogens is 483 g/mol. The van der Waals surface area contributed by atoms with Crippen molar-refractivity contribution in [1.29, 1.82) is 0 Å². The number of hydrogen-bond donors (Lipinski definition) is 2. The van der Waals surface area contributed by atoms with Gasteiger partial charge >= 0.3 is 0 Å². The van der Waals surface area contributed by atoms with Crippen molar-refractivity contribution in [3.8, 4) is 17.1 Å². The first-order chi connectivity index (χ1) is 16.9. The number of carbonyl (C=O) groups is 1. The van der Waals surface area contributed by atoms with Gasteiger partial charge in [-0.15, -0.1) is 0 Å². The van der Waals surface area contributed by atoms with Crippen molar-refractivity contribution in [3.05, 3.63) is 70.6 Å². The summed E-state index contributed by atoms with van der Waals surface area (Å²) in [5.74, 6) is 0.530. The fraction of sp³-hybridized carbons (Fsp3) is 0.308. The molecule has 2 aromatic carbocycles. The Labute approximate surface area is 213 Å². The van der Waals surface area contributed by atoms with Crippen LogP contribution in [0.1, 0.15) is 44.2 Å². The summed E-state index contributed by atoms with van der Waals surface area (Å²) in [5, 5.41) is 4.57. The number of carbonyl (C=O) groups excluding carboxylic acids is 1. The molecule has 1 saturated carbocycles. The van der Waals surface area contributed by atoms with Gasteiger partial charge in [0.25, 0.3) is 0 Å². The molecule has 1 fully saturated rings. The van der Waals surface area contributed by atoms with Gasteiger partial charge in [0.05, 0.1) is 16.3 Å². The highest BCUT2D eigenvalue weighted by molar-refractivity contribution is 6.33. The summed E-state index contributed by atoms with van der Waals surface area (Å²) in [6, 6.07) is 15.2. The van der Waals surface area contributed by atoms with Gasteiger partial charge < -0.3 is 11.1 Å². The summed E-state index contributed by atoms with van der Waals surface area (Å²) in [4.78, 5) is 26.6. The normalized spacial score (nSPS) is 20.3. The Balaban J connectivity index is 1.63. The van der Waals surface area contributed by atoms with Crippen LogP contribution in [0, 0.1) is 0 Å². The van der Waals surface area contributed by atoms with Gasteiger partial charge in [-0.1, -0.05) is 42.3 Å². The zero-order valence-corrected chi connectivity index (χ0v) is 20.9. The molecule has 3 N–H and O–H groups in total. The molecule has 2 heterocycles. The first kappa shape index (κ1) is 23.7. The zero-order chi connectivity index (χ0) is 24.6. The number of rotatable bonds is 6. The van der Waals surface area contributed by atoms with E-state index in [-0.39, 0.29) is 11.8 Å². The lowest BCUT2D eigenvalue weighted by molar-refractivity contribution is -0.125. The van der Waals surface area contributed by atoms with Gasteiger partial charge in [0.15, 0.2) is 5.65 Å². The van der Waals surface area contributed by atoms with E-state index in [2.05, 4.69) is 15.3 Å². The minimum atomic E-state index is -0.664.